The first-order valence-corrected chi connectivity index (χ1v) is 12.2. The van der Waals surface area contributed by atoms with E-state index in [-0.39, 0.29) is 38.4 Å². The maximum absolute atomic E-state index is 12.5. The van der Waals surface area contributed by atoms with Gasteiger partial charge in [-0.3, -0.25) is 9.36 Å². The Hall–Kier alpha value is -2.18. The second-order valence-corrected chi connectivity index (χ2v) is 9.60. The number of carbonyl (C=O) groups is 3. The van der Waals surface area contributed by atoms with Crippen molar-refractivity contribution in [3.63, 3.8) is 0 Å². The third-order valence-corrected chi connectivity index (χ3v) is 6.48. The van der Waals surface area contributed by atoms with Gasteiger partial charge in [-0.05, 0) is 45.1 Å². The summed E-state index contributed by atoms with van der Waals surface area (Å²) in [7, 11) is -3.36. The predicted octanol–water partition coefficient (Wildman–Crippen LogP) is 2.67. The Morgan fingerprint density at radius 2 is 1.57 bits per heavy atom. The van der Waals surface area contributed by atoms with Crippen molar-refractivity contribution in [1.82, 2.24) is 5.32 Å². The number of rotatable bonds is 13. The molecule has 0 radical (unpaired) electrons. The van der Waals surface area contributed by atoms with Crippen LogP contribution in [0.25, 0.3) is 0 Å². The highest BCUT2D eigenvalue weighted by Gasteiger charge is 2.49. The summed E-state index contributed by atoms with van der Waals surface area (Å²) in [6, 6.07) is 9.45. The maximum Gasteiger partial charge on any atom is 0.343 e. The first-order chi connectivity index (χ1) is 14.2. The van der Waals surface area contributed by atoms with E-state index in [1.165, 1.54) is 6.92 Å². The number of carbonyl (C=O) groups excluding carboxylic acids is 3. The minimum atomic E-state index is -3.36. The van der Waals surface area contributed by atoms with Crippen molar-refractivity contribution in [2.75, 3.05) is 25.5 Å². The standard InChI is InChI=1S/C21H32NO7P/c1-4-28-19(24)21(22-17(3)23,20(25)29-5-2)14-9-10-15-30(26,27)16-13-18-11-7-6-8-12-18/h6-8,11-12H,4-5,9-10,13-16H2,1-3H3,(H,22,23)(H,26,27). The molecule has 1 amide bonds. The normalized spacial score (nSPS) is 13.2. The van der Waals surface area contributed by atoms with Crippen molar-refractivity contribution in [2.24, 2.45) is 0 Å². The van der Waals surface area contributed by atoms with Crippen LogP contribution >= 0.6 is 7.37 Å². The SMILES string of the molecule is CCOC(=O)C(CCCCP(=O)(O)CCc1ccccc1)(NC(C)=O)C(=O)OCC. The van der Waals surface area contributed by atoms with Crippen molar-refractivity contribution in [3.05, 3.63) is 35.9 Å². The molecule has 1 unspecified atom stereocenters. The van der Waals surface area contributed by atoms with Crippen LogP contribution in [0.2, 0.25) is 0 Å². The summed E-state index contributed by atoms with van der Waals surface area (Å²) < 4.78 is 22.5. The molecule has 0 aliphatic carbocycles. The van der Waals surface area contributed by atoms with Gasteiger partial charge in [0.1, 0.15) is 0 Å². The van der Waals surface area contributed by atoms with Crippen LogP contribution in [0.15, 0.2) is 30.3 Å². The lowest BCUT2D eigenvalue weighted by Gasteiger charge is -2.29. The molecule has 1 aromatic carbocycles. The van der Waals surface area contributed by atoms with Gasteiger partial charge < -0.3 is 19.7 Å². The molecule has 0 aromatic heterocycles. The lowest BCUT2D eigenvalue weighted by atomic mass is 9.92. The Morgan fingerprint density at radius 3 is 2.07 bits per heavy atom. The number of aryl methyl sites for hydroxylation is 1. The third-order valence-electron chi connectivity index (χ3n) is 4.54. The van der Waals surface area contributed by atoms with Crippen molar-refractivity contribution < 1.29 is 33.3 Å². The van der Waals surface area contributed by atoms with E-state index >= 15 is 0 Å². The highest BCUT2D eigenvalue weighted by Crippen LogP contribution is 2.42. The van der Waals surface area contributed by atoms with E-state index in [1.807, 2.05) is 30.3 Å². The highest BCUT2D eigenvalue weighted by atomic mass is 31.2. The molecule has 0 spiro atoms. The Kier molecular flexibility index (Phi) is 10.8. The molecular weight excluding hydrogens is 409 g/mol. The van der Waals surface area contributed by atoms with Crippen molar-refractivity contribution >= 4 is 25.2 Å². The minimum Gasteiger partial charge on any atom is -0.464 e. The number of ether oxygens (including phenoxy) is 2. The number of esters is 2. The molecule has 0 aliphatic rings. The molecule has 0 fully saturated rings. The van der Waals surface area contributed by atoms with Crippen molar-refractivity contribution in [2.45, 2.75) is 52.0 Å². The van der Waals surface area contributed by atoms with E-state index in [4.69, 9.17) is 9.47 Å². The molecule has 1 aromatic rings. The third kappa shape index (κ3) is 8.28. The molecule has 8 nitrogen and oxygen atoms in total. The smallest absolute Gasteiger partial charge is 0.343 e. The van der Waals surface area contributed by atoms with Crippen LogP contribution < -0.4 is 5.32 Å². The summed E-state index contributed by atoms with van der Waals surface area (Å²) in [4.78, 5) is 47.0. The Balaban J connectivity index is 2.75. The summed E-state index contributed by atoms with van der Waals surface area (Å²) in [5.41, 5.74) is -0.970. The Morgan fingerprint density at radius 1 is 1.00 bits per heavy atom. The Labute approximate surface area is 177 Å². The fraction of sp³-hybridized carbons (Fsp3) is 0.571. The lowest BCUT2D eigenvalue weighted by molar-refractivity contribution is -0.168. The largest absolute Gasteiger partial charge is 0.464 e. The summed E-state index contributed by atoms with van der Waals surface area (Å²) in [6.07, 6.45) is 1.20. The molecule has 0 aliphatic heterocycles. The fourth-order valence-electron chi connectivity index (χ4n) is 3.07. The summed E-state index contributed by atoms with van der Waals surface area (Å²) in [6.45, 7) is 4.45. The van der Waals surface area contributed by atoms with E-state index in [9.17, 15) is 23.8 Å². The highest BCUT2D eigenvalue weighted by molar-refractivity contribution is 7.57. The first-order valence-electron chi connectivity index (χ1n) is 10.1. The van der Waals surface area contributed by atoms with E-state index in [1.54, 1.807) is 13.8 Å². The number of unbranched alkanes of at least 4 members (excludes halogenated alkanes) is 1. The van der Waals surface area contributed by atoms with Crippen LogP contribution in [0.3, 0.4) is 0 Å². The van der Waals surface area contributed by atoms with Gasteiger partial charge in [0, 0.05) is 19.2 Å². The molecule has 0 saturated heterocycles. The van der Waals surface area contributed by atoms with Gasteiger partial charge in [-0.1, -0.05) is 30.3 Å². The number of nitrogens with one attached hydrogen (secondary N) is 1. The van der Waals surface area contributed by atoms with Gasteiger partial charge in [0.25, 0.3) is 0 Å². The van der Waals surface area contributed by atoms with Gasteiger partial charge in [0.2, 0.25) is 18.8 Å². The van der Waals surface area contributed by atoms with Crippen LogP contribution in [0, 0.1) is 0 Å². The zero-order valence-corrected chi connectivity index (χ0v) is 18.8. The zero-order valence-electron chi connectivity index (χ0n) is 17.9. The van der Waals surface area contributed by atoms with Gasteiger partial charge in [-0.15, -0.1) is 0 Å². The van der Waals surface area contributed by atoms with E-state index in [2.05, 4.69) is 5.32 Å². The molecule has 1 atom stereocenters. The fourth-order valence-corrected chi connectivity index (χ4v) is 4.62. The molecular formula is C21H32NO7P. The van der Waals surface area contributed by atoms with Gasteiger partial charge in [-0.25, -0.2) is 9.59 Å². The van der Waals surface area contributed by atoms with Crippen molar-refractivity contribution in [3.8, 4) is 0 Å². The topological polar surface area (TPSA) is 119 Å². The average Bonchev–Trinajstić information content (AvgIpc) is 2.69. The second kappa shape index (κ2) is 12.5. The van der Waals surface area contributed by atoms with Crippen LogP contribution in [-0.2, 0) is 34.8 Å². The molecule has 30 heavy (non-hydrogen) atoms. The molecule has 2 N–H and O–H groups in total. The second-order valence-electron chi connectivity index (χ2n) is 7.01. The monoisotopic (exact) mass is 441 g/mol. The quantitative estimate of drug-likeness (QED) is 0.209. The van der Waals surface area contributed by atoms with Crippen LogP contribution in [0.5, 0.6) is 0 Å². The number of hydrogen-bond donors (Lipinski definition) is 2. The summed E-state index contributed by atoms with van der Waals surface area (Å²) in [5.74, 6) is -2.36. The van der Waals surface area contributed by atoms with Crippen molar-refractivity contribution in [1.29, 1.82) is 0 Å². The van der Waals surface area contributed by atoms with Gasteiger partial charge in [0.15, 0.2) is 0 Å². The summed E-state index contributed by atoms with van der Waals surface area (Å²) in [5, 5.41) is 2.39. The molecule has 0 bridgehead atoms. The number of benzene rings is 1. The number of hydrogen-bond acceptors (Lipinski definition) is 6. The molecule has 168 valence electrons. The lowest BCUT2D eigenvalue weighted by Crippen LogP contribution is -2.61. The maximum atomic E-state index is 12.5. The molecule has 9 heteroatoms. The van der Waals surface area contributed by atoms with Crippen LogP contribution in [0.4, 0.5) is 0 Å². The van der Waals surface area contributed by atoms with Crippen LogP contribution in [-0.4, -0.2) is 53.8 Å². The van der Waals surface area contributed by atoms with E-state index < -0.39 is 30.8 Å². The number of amides is 1. The molecule has 1 rings (SSSR count). The van der Waals surface area contributed by atoms with E-state index in [0.717, 1.165) is 5.56 Å². The minimum absolute atomic E-state index is 0.0326. The average molecular weight is 441 g/mol. The molecule has 0 saturated carbocycles. The van der Waals surface area contributed by atoms with Gasteiger partial charge in [-0.2, -0.15) is 0 Å². The first kappa shape index (κ1) is 25.9. The van der Waals surface area contributed by atoms with Crippen LogP contribution in [0.1, 0.15) is 45.6 Å². The Bertz CT molecular complexity index is 733. The summed E-state index contributed by atoms with van der Waals surface area (Å²) >= 11 is 0. The zero-order chi connectivity index (χ0) is 22.6. The van der Waals surface area contributed by atoms with E-state index in [0.29, 0.717) is 12.8 Å². The molecule has 0 heterocycles. The van der Waals surface area contributed by atoms with Gasteiger partial charge in [0.05, 0.1) is 13.2 Å². The predicted molar refractivity (Wildman–Crippen MR) is 113 cm³/mol. The van der Waals surface area contributed by atoms with Gasteiger partial charge >= 0.3 is 11.9 Å².